The number of carbonyl (C=O) groups excluding carboxylic acids is 1. The van der Waals surface area contributed by atoms with Crippen LogP contribution >= 0.6 is 0 Å². The first kappa shape index (κ1) is 19.1. The number of hydrogen-bond donors (Lipinski definition) is 2. The first-order chi connectivity index (χ1) is 13.0. The minimum Gasteiger partial charge on any atom is -0.490 e. The molecule has 0 aliphatic carbocycles. The van der Waals surface area contributed by atoms with Crippen molar-refractivity contribution in [2.45, 2.75) is 39.8 Å². The van der Waals surface area contributed by atoms with Crippen molar-refractivity contribution >= 4 is 6.03 Å². The molecule has 5 nitrogen and oxygen atoms in total. The lowest BCUT2D eigenvalue weighted by Crippen LogP contribution is -2.39. The fourth-order valence-electron chi connectivity index (χ4n) is 3.18. The van der Waals surface area contributed by atoms with Gasteiger partial charge in [-0.2, -0.15) is 0 Å². The third-order valence-electron chi connectivity index (χ3n) is 4.78. The van der Waals surface area contributed by atoms with E-state index in [-0.39, 0.29) is 18.0 Å². The molecule has 1 aliphatic rings. The molecule has 27 heavy (non-hydrogen) atoms. The van der Waals surface area contributed by atoms with Crippen LogP contribution in [0.15, 0.2) is 42.5 Å². The van der Waals surface area contributed by atoms with E-state index in [0.717, 1.165) is 29.0 Å². The monoisotopic (exact) mass is 368 g/mol. The number of carbonyl (C=O) groups is 1. The molecule has 144 valence electrons. The number of amides is 2. The van der Waals surface area contributed by atoms with E-state index in [0.29, 0.717) is 19.8 Å². The Morgan fingerprint density at radius 2 is 1.81 bits per heavy atom. The fourth-order valence-corrected chi connectivity index (χ4v) is 3.18. The third kappa shape index (κ3) is 4.94. The molecule has 0 spiro atoms. The Balaban J connectivity index is 1.68. The van der Waals surface area contributed by atoms with Crippen molar-refractivity contribution in [1.29, 1.82) is 0 Å². The van der Waals surface area contributed by atoms with E-state index in [1.807, 2.05) is 49.4 Å². The molecule has 1 atom stereocenters. The Morgan fingerprint density at radius 3 is 2.56 bits per heavy atom. The number of benzene rings is 2. The van der Waals surface area contributed by atoms with Gasteiger partial charge in [0, 0.05) is 13.0 Å². The van der Waals surface area contributed by atoms with Gasteiger partial charge in [-0.25, -0.2) is 4.79 Å². The molecule has 2 amide bonds. The summed E-state index contributed by atoms with van der Waals surface area (Å²) in [5, 5.41) is 6.06. The lowest BCUT2D eigenvalue weighted by molar-refractivity contribution is 0.232. The maximum Gasteiger partial charge on any atom is 0.315 e. The SMILES string of the molecule is Cc1ccccc1CNC(=O)N[C@H](c1ccc2c(c1)OCCCO2)C(C)C. The molecule has 0 radical (unpaired) electrons. The summed E-state index contributed by atoms with van der Waals surface area (Å²) in [7, 11) is 0. The van der Waals surface area contributed by atoms with Crippen LogP contribution in [0.2, 0.25) is 0 Å². The Bertz CT molecular complexity index is 789. The Kier molecular flexibility index (Phi) is 6.22. The zero-order chi connectivity index (χ0) is 19.2. The molecule has 0 unspecified atom stereocenters. The molecule has 2 N–H and O–H groups in total. The number of fused-ring (bicyclic) bond motifs is 1. The summed E-state index contributed by atoms with van der Waals surface area (Å²) in [6.45, 7) is 8.05. The van der Waals surface area contributed by atoms with Gasteiger partial charge in [0.15, 0.2) is 11.5 Å². The second-order valence-electron chi connectivity index (χ2n) is 7.23. The smallest absolute Gasteiger partial charge is 0.315 e. The van der Waals surface area contributed by atoms with E-state index in [9.17, 15) is 4.79 Å². The van der Waals surface area contributed by atoms with Gasteiger partial charge in [-0.15, -0.1) is 0 Å². The van der Waals surface area contributed by atoms with Crippen LogP contribution in [-0.2, 0) is 6.54 Å². The van der Waals surface area contributed by atoms with Crippen molar-refractivity contribution in [2.24, 2.45) is 5.92 Å². The predicted molar refractivity (Wildman–Crippen MR) is 106 cm³/mol. The lowest BCUT2D eigenvalue weighted by atomic mass is 9.96. The quantitative estimate of drug-likeness (QED) is 0.825. The van der Waals surface area contributed by atoms with Gasteiger partial charge in [-0.3, -0.25) is 0 Å². The van der Waals surface area contributed by atoms with Gasteiger partial charge in [0.2, 0.25) is 0 Å². The molecule has 0 bridgehead atoms. The van der Waals surface area contributed by atoms with Gasteiger partial charge in [-0.05, 0) is 41.7 Å². The Hall–Kier alpha value is -2.69. The van der Waals surface area contributed by atoms with Gasteiger partial charge in [0.1, 0.15) is 0 Å². The van der Waals surface area contributed by atoms with Crippen LogP contribution in [-0.4, -0.2) is 19.2 Å². The number of hydrogen-bond acceptors (Lipinski definition) is 3. The third-order valence-corrected chi connectivity index (χ3v) is 4.78. The normalized spacial score (nSPS) is 14.4. The lowest BCUT2D eigenvalue weighted by Gasteiger charge is -2.24. The summed E-state index contributed by atoms with van der Waals surface area (Å²) >= 11 is 0. The van der Waals surface area contributed by atoms with E-state index in [1.165, 1.54) is 5.56 Å². The summed E-state index contributed by atoms with van der Waals surface area (Å²) in [6.07, 6.45) is 0.872. The highest BCUT2D eigenvalue weighted by molar-refractivity contribution is 5.74. The average molecular weight is 368 g/mol. The van der Waals surface area contributed by atoms with Gasteiger partial charge in [-0.1, -0.05) is 44.2 Å². The maximum absolute atomic E-state index is 12.5. The van der Waals surface area contributed by atoms with Crippen LogP contribution in [0.3, 0.4) is 0 Å². The van der Waals surface area contributed by atoms with E-state index >= 15 is 0 Å². The summed E-state index contributed by atoms with van der Waals surface area (Å²) in [4.78, 5) is 12.5. The highest BCUT2D eigenvalue weighted by Gasteiger charge is 2.21. The van der Waals surface area contributed by atoms with Crippen LogP contribution in [0.4, 0.5) is 4.79 Å². The van der Waals surface area contributed by atoms with Crippen LogP contribution < -0.4 is 20.1 Å². The van der Waals surface area contributed by atoms with Crippen molar-refractivity contribution in [3.63, 3.8) is 0 Å². The minimum atomic E-state index is -0.177. The second kappa shape index (κ2) is 8.80. The van der Waals surface area contributed by atoms with Gasteiger partial charge < -0.3 is 20.1 Å². The topological polar surface area (TPSA) is 59.6 Å². The predicted octanol–water partition coefficient (Wildman–Crippen LogP) is 4.35. The van der Waals surface area contributed by atoms with E-state index in [1.54, 1.807) is 0 Å². The fraction of sp³-hybridized carbons (Fsp3) is 0.409. The van der Waals surface area contributed by atoms with Crippen LogP contribution in [0, 0.1) is 12.8 Å². The molecule has 2 aromatic rings. The van der Waals surface area contributed by atoms with Gasteiger partial charge >= 0.3 is 6.03 Å². The zero-order valence-electron chi connectivity index (χ0n) is 16.2. The summed E-state index contributed by atoms with van der Waals surface area (Å²) in [5.41, 5.74) is 3.30. The van der Waals surface area contributed by atoms with Crippen LogP contribution in [0.25, 0.3) is 0 Å². The van der Waals surface area contributed by atoms with Gasteiger partial charge in [0.25, 0.3) is 0 Å². The molecular formula is C22H28N2O3. The highest BCUT2D eigenvalue weighted by Crippen LogP contribution is 2.34. The molecule has 2 aromatic carbocycles. The summed E-state index contributed by atoms with van der Waals surface area (Å²) in [6, 6.07) is 13.7. The second-order valence-corrected chi connectivity index (χ2v) is 7.23. The molecule has 0 fully saturated rings. The van der Waals surface area contributed by atoms with Crippen LogP contribution in [0.5, 0.6) is 11.5 Å². The zero-order valence-corrected chi connectivity index (χ0v) is 16.2. The molecule has 3 rings (SSSR count). The first-order valence-electron chi connectivity index (χ1n) is 9.53. The standard InChI is InChI=1S/C22H28N2O3/c1-15(2)21(17-9-10-19-20(13-17)27-12-6-11-26-19)24-22(25)23-14-18-8-5-4-7-16(18)3/h4-5,7-10,13,15,21H,6,11-12,14H2,1-3H3,(H2,23,24,25)/t21-/m0/s1. The van der Waals surface area contributed by atoms with Gasteiger partial charge in [0.05, 0.1) is 19.3 Å². The number of urea groups is 1. The highest BCUT2D eigenvalue weighted by atomic mass is 16.5. The van der Waals surface area contributed by atoms with Crippen LogP contribution in [0.1, 0.15) is 43.0 Å². The number of nitrogens with one attached hydrogen (secondary N) is 2. The molecule has 0 saturated carbocycles. The van der Waals surface area contributed by atoms with Crippen molar-refractivity contribution in [1.82, 2.24) is 10.6 Å². The summed E-state index contributed by atoms with van der Waals surface area (Å²) in [5.74, 6) is 1.75. The molecule has 0 saturated heterocycles. The average Bonchev–Trinajstić information content (AvgIpc) is 2.90. The maximum atomic E-state index is 12.5. The van der Waals surface area contributed by atoms with E-state index in [2.05, 4.69) is 24.5 Å². The minimum absolute atomic E-state index is 0.112. The first-order valence-corrected chi connectivity index (χ1v) is 9.53. The van der Waals surface area contributed by atoms with Crippen molar-refractivity contribution < 1.29 is 14.3 Å². The van der Waals surface area contributed by atoms with E-state index in [4.69, 9.17) is 9.47 Å². The molecular weight excluding hydrogens is 340 g/mol. The number of aryl methyl sites for hydroxylation is 1. The molecule has 1 aliphatic heterocycles. The Labute approximate surface area is 161 Å². The Morgan fingerprint density at radius 1 is 1.07 bits per heavy atom. The molecule has 5 heteroatoms. The van der Waals surface area contributed by atoms with E-state index < -0.39 is 0 Å². The largest absolute Gasteiger partial charge is 0.490 e. The number of ether oxygens (including phenoxy) is 2. The molecule has 1 heterocycles. The summed E-state index contributed by atoms with van der Waals surface area (Å²) < 4.78 is 11.5. The molecule has 0 aromatic heterocycles. The van der Waals surface area contributed by atoms with Crippen molar-refractivity contribution in [3.05, 3.63) is 59.2 Å². The number of rotatable bonds is 5. The van der Waals surface area contributed by atoms with Crippen molar-refractivity contribution in [2.75, 3.05) is 13.2 Å². The van der Waals surface area contributed by atoms with Crippen molar-refractivity contribution in [3.8, 4) is 11.5 Å².